The van der Waals surface area contributed by atoms with Crippen LogP contribution in [0.4, 0.5) is 4.39 Å². The van der Waals surface area contributed by atoms with E-state index in [1.807, 2.05) is 0 Å². The minimum Gasteiger partial charge on any atom is -0.382 e. The van der Waals surface area contributed by atoms with Gasteiger partial charge in [0.25, 0.3) is 0 Å². The largest absolute Gasteiger partial charge is 0.382 e. The molecule has 0 saturated carbocycles. The predicted molar refractivity (Wildman–Crippen MR) is 35.2 cm³/mol. The average molecular weight is 139 g/mol. The van der Waals surface area contributed by atoms with E-state index in [4.69, 9.17) is 11.1 Å². The van der Waals surface area contributed by atoms with Gasteiger partial charge in [0.05, 0.1) is 0 Å². The highest BCUT2D eigenvalue weighted by Gasteiger charge is 2.02. The molecule has 1 aromatic rings. The number of hydrogen-bond donors (Lipinski definition) is 2. The van der Waals surface area contributed by atoms with Gasteiger partial charge in [0.2, 0.25) is 0 Å². The van der Waals surface area contributed by atoms with Crippen LogP contribution in [0.2, 0.25) is 0 Å². The van der Waals surface area contributed by atoms with Gasteiger partial charge < -0.3 is 5.73 Å². The molecule has 0 fully saturated rings. The molecule has 0 radical (unpaired) electrons. The van der Waals surface area contributed by atoms with Crippen LogP contribution in [0.15, 0.2) is 18.3 Å². The fourth-order valence-corrected chi connectivity index (χ4v) is 0.584. The van der Waals surface area contributed by atoms with Crippen molar-refractivity contribution in [3.63, 3.8) is 0 Å². The van der Waals surface area contributed by atoms with E-state index in [-0.39, 0.29) is 11.5 Å². The van der Waals surface area contributed by atoms with Gasteiger partial charge in [-0.1, -0.05) is 0 Å². The third kappa shape index (κ3) is 1.10. The summed E-state index contributed by atoms with van der Waals surface area (Å²) in [5.41, 5.74) is 4.90. The fraction of sp³-hybridized carbons (Fsp3) is 0. The highest BCUT2D eigenvalue weighted by Crippen LogP contribution is 1.99. The second-order valence-electron chi connectivity index (χ2n) is 1.75. The van der Waals surface area contributed by atoms with Crippen molar-refractivity contribution in [1.82, 2.24) is 4.98 Å². The molecule has 1 aromatic heterocycles. The Morgan fingerprint density at radius 3 is 2.80 bits per heavy atom. The smallest absolute Gasteiger partial charge is 0.152 e. The van der Waals surface area contributed by atoms with Crippen molar-refractivity contribution in [2.45, 2.75) is 0 Å². The first-order chi connectivity index (χ1) is 4.72. The van der Waals surface area contributed by atoms with Crippen LogP contribution in [0.1, 0.15) is 5.69 Å². The minimum atomic E-state index is -0.560. The number of nitrogens with zero attached hydrogens (tertiary/aromatic N) is 1. The Morgan fingerprint density at radius 2 is 2.40 bits per heavy atom. The molecule has 1 rings (SSSR count). The highest BCUT2D eigenvalue weighted by atomic mass is 19.1. The molecular weight excluding hydrogens is 133 g/mol. The van der Waals surface area contributed by atoms with Crippen molar-refractivity contribution in [1.29, 1.82) is 5.41 Å². The summed E-state index contributed by atoms with van der Waals surface area (Å²) in [6.07, 6.45) is 1.39. The molecule has 0 aromatic carbocycles. The number of hydrogen-bond acceptors (Lipinski definition) is 2. The predicted octanol–water partition coefficient (Wildman–Crippen LogP) is 0.505. The number of nitrogens with two attached hydrogens (primary N) is 1. The number of nitrogen functional groups attached to an aromatic ring is 1. The second-order valence-corrected chi connectivity index (χ2v) is 1.75. The number of halogens is 1. The first kappa shape index (κ1) is 6.67. The van der Waals surface area contributed by atoms with E-state index in [2.05, 4.69) is 4.98 Å². The number of rotatable bonds is 1. The third-order valence-electron chi connectivity index (χ3n) is 1.01. The summed E-state index contributed by atoms with van der Waals surface area (Å²) in [4.78, 5) is 3.55. The molecule has 10 heavy (non-hydrogen) atoms. The van der Waals surface area contributed by atoms with Gasteiger partial charge in [0.1, 0.15) is 11.5 Å². The summed E-state index contributed by atoms with van der Waals surface area (Å²) in [5, 5.41) is 6.85. The lowest BCUT2D eigenvalue weighted by atomic mass is 10.3. The summed E-state index contributed by atoms with van der Waals surface area (Å²) in [5.74, 6) is -0.909. The summed E-state index contributed by atoms with van der Waals surface area (Å²) >= 11 is 0. The lowest BCUT2D eigenvalue weighted by molar-refractivity contribution is 0.617. The monoisotopic (exact) mass is 139 g/mol. The van der Waals surface area contributed by atoms with Crippen LogP contribution in [-0.4, -0.2) is 10.8 Å². The van der Waals surface area contributed by atoms with Crippen LogP contribution in [-0.2, 0) is 0 Å². The molecule has 3 nitrogen and oxygen atoms in total. The van der Waals surface area contributed by atoms with Crippen LogP contribution in [0.25, 0.3) is 0 Å². The zero-order chi connectivity index (χ0) is 7.56. The molecule has 4 heteroatoms. The van der Waals surface area contributed by atoms with Gasteiger partial charge in [-0.15, -0.1) is 0 Å². The average Bonchev–Trinajstić information content (AvgIpc) is 1.88. The number of aromatic nitrogens is 1. The Morgan fingerprint density at radius 1 is 1.70 bits per heavy atom. The van der Waals surface area contributed by atoms with E-state index in [0.29, 0.717) is 0 Å². The zero-order valence-electron chi connectivity index (χ0n) is 5.13. The Kier molecular flexibility index (Phi) is 1.62. The van der Waals surface area contributed by atoms with E-state index in [1.54, 1.807) is 0 Å². The van der Waals surface area contributed by atoms with Gasteiger partial charge in [-0.05, 0) is 12.1 Å². The number of amidine groups is 1. The van der Waals surface area contributed by atoms with Crippen LogP contribution in [0, 0.1) is 11.2 Å². The molecule has 0 bridgehead atoms. The van der Waals surface area contributed by atoms with Crippen molar-refractivity contribution in [3.05, 3.63) is 29.8 Å². The van der Waals surface area contributed by atoms with Gasteiger partial charge >= 0.3 is 0 Å². The van der Waals surface area contributed by atoms with E-state index < -0.39 is 5.82 Å². The molecule has 0 aliphatic carbocycles. The molecule has 0 spiro atoms. The molecule has 0 saturated heterocycles. The van der Waals surface area contributed by atoms with Gasteiger partial charge in [0, 0.05) is 6.20 Å². The maximum atomic E-state index is 12.6. The highest BCUT2D eigenvalue weighted by molar-refractivity contribution is 5.93. The maximum absolute atomic E-state index is 12.6. The quantitative estimate of drug-likeness (QED) is 0.439. The normalized spacial score (nSPS) is 9.30. The molecule has 52 valence electrons. The first-order valence-electron chi connectivity index (χ1n) is 2.66. The zero-order valence-corrected chi connectivity index (χ0v) is 5.13. The molecule has 3 N–H and O–H groups in total. The Hall–Kier alpha value is -1.45. The first-order valence-corrected chi connectivity index (χ1v) is 2.66. The fourth-order valence-electron chi connectivity index (χ4n) is 0.584. The van der Waals surface area contributed by atoms with Crippen molar-refractivity contribution in [2.75, 3.05) is 0 Å². The van der Waals surface area contributed by atoms with E-state index in [0.717, 1.165) is 0 Å². The van der Waals surface area contributed by atoms with Crippen molar-refractivity contribution in [2.24, 2.45) is 5.73 Å². The SMILES string of the molecule is N=C(N)c1ncccc1F. The second kappa shape index (κ2) is 2.43. The summed E-state index contributed by atoms with van der Waals surface area (Å²) < 4.78 is 12.6. The molecule has 0 aliphatic rings. The van der Waals surface area contributed by atoms with Crippen molar-refractivity contribution < 1.29 is 4.39 Å². The molecule has 1 heterocycles. The Labute approximate surface area is 57.2 Å². The summed E-state index contributed by atoms with van der Waals surface area (Å²) in [7, 11) is 0. The standard InChI is InChI=1S/C6H6FN3/c7-4-2-1-3-10-5(4)6(8)9/h1-3H,(H3,8,9). The molecule has 0 amide bonds. The summed E-state index contributed by atoms with van der Waals surface area (Å²) in [6.45, 7) is 0. The topological polar surface area (TPSA) is 62.8 Å². The van der Waals surface area contributed by atoms with E-state index in [9.17, 15) is 4.39 Å². The van der Waals surface area contributed by atoms with Crippen LogP contribution in [0.3, 0.4) is 0 Å². The van der Waals surface area contributed by atoms with Gasteiger partial charge in [-0.2, -0.15) is 0 Å². The molecule has 0 unspecified atom stereocenters. The van der Waals surface area contributed by atoms with Crippen LogP contribution < -0.4 is 5.73 Å². The lowest BCUT2D eigenvalue weighted by Gasteiger charge is -1.95. The van der Waals surface area contributed by atoms with Crippen LogP contribution >= 0.6 is 0 Å². The van der Waals surface area contributed by atoms with Gasteiger partial charge in [-0.3, -0.25) is 5.41 Å². The molecular formula is C6H6FN3. The molecule has 0 aliphatic heterocycles. The van der Waals surface area contributed by atoms with Gasteiger partial charge in [-0.25, -0.2) is 9.37 Å². The Balaban J connectivity index is 3.15. The maximum Gasteiger partial charge on any atom is 0.152 e. The number of pyridine rings is 1. The van der Waals surface area contributed by atoms with Crippen molar-refractivity contribution in [3.8, 4) is 0 Å². The number of nitrogens with one attached hydrogen (secondary N) is 1. The third-order valence-corrected chi connectivity index (χ3v) is 1.01. The summed E-state index contributed by atoms with van der Waals surface area (Å²) in [6, 6.07) is 2.66. The van der Waals surface area contributed by atoms with E-state index >= 15 is 0 Å². The lowest BCUT2D eigenvalue weighted by Crippen LogP contribution is -2.14. The molecule has 0 atom stereocenters. The van der Waals surface area contributed by atoms with Crippen molar-refractivity contribution >= 4 is 5.84 Å². The van der Waals surface area contributed by atoms with Gasteiger partial charge in [0.15, 0.2) is 5.82 Å². The Bertz CT molecular complexity index is 259. The minimum absolute atomic E-state index is 0.0949. The van der Waals surface area contributed by atoms with Crippen LogP contribution in [0.5, 0.6) is 0 Å². The van der Waals surface area contributed by atoms with E-state index in [1.165, 1.54) is 18.3 Å².